The third-order valence-corrected chi connectivity index (χ3v) is 3.65. The minimum atomic E-state index is 0.0468. The summed E-state index contributed by atoms with van der Waals surface area (Å²) >= 11 is 7.23. The van der Waals surface area contributed by atoms with Crippen molar-refractivity contribution in [3.05, 3.63) is 10.0 Å². The van der Waals surface area contributed by atoms with Crippen LogP contribution < -0.4 is 0 Å². The Morgan fingerprint density at radius 3 is 3.00 bits per heavy atom. The molecule has 6 heteroatoms. The third-order valence-electron chi connectivity index (χ3n) is 2.67. The van der Waals surface area contributed by atoms with Gasteiger partial charge in [-0.05, 0) is 13.8 Å². The van der Waals surface area contributed by atoms with Crippen molar-refractivity contribution in [1.29, 1.82) is 0 Å². The van der Waals surface area contributed by atoms with E-state index < -0.39 is 0 Å². The summed E-state index contributed by atoms with van der Waals surface area (Å²) in [6.07, 6.45) is 0. The molecule has 4 nitrogen and oxygen atoms in total. The molecule has 1 aliphatic rings. The molecule has 0 atom stereocenters. The summed E-state index contributed by atoms with van der Waals surface area (Å²) in [6.45, 7) is 7.53. The van der Waals surface area contributed by atoms with Gasteiger partial charge in [0.2, 0.25) is 0 Å². The van der Waals surface area contributed by atoms with Crippen LogP contribution in [0.25, 0.3) is 0 Å². The van der Waals surface area contributed by atoms with Crippen LogP contribution in [0.3, 0.4) is 0 Å². The van der Waals surface area contributed by atoms with E-state index >= 15 is 0 Å². The van der Waals surface area contributed by atoms with Crippen LogP contribution in [0.1, 0.15) is 19.5 Å². The van der Waals surface area contributed by atoms with Gasteiger partial charge in [-0.2, -0.15) is 0 Å². The number of nitrogens with zero attached hydrogens (tertiary/aromatic N) is 3. The molecule has 1 saturated heterocycles. The molecule has 0 aromatic carbocycles. The highest BCUT2D eigenvalue weighted by Gasteiger charge is 2.31. The highest BCUT2D eigenvalue weighted by Crippen LogP contribution is 2.25. The summed E-state index contributed by atoms with van der Waals surface area (Å²) in [5.74, 6) is 0. The zero-order valence-electron chi connectivity index (χ0n) is 8.86. The van der Waals surface area contributed by atoms with E-state index in [9.17, 15) is 0 Å². The Balaban J connectivity index is 2.07. The highest BCUT2D eigenvalue weighted by molar-refractivity contribution is 7.10. The fourth-order valence-corrected chi connectivity index (χ4v) is 2.27. The van der Waals surface area contributed by atoms with Crippen molar-refractivity contribution < 1.29 is 4.74 Å². The number of hydrogen-bond donors (Lipinski definition) is 0. The van der Waals surface area contributed by atoms with Gasteiger partial charge in [-0.1, -0.05) is 16.1 Å². The van der Waals surface area contributed by atoms with Crippen molar-refractivity contribution in [3.8, 4) is 0 Å². The molecular formula is C9H14ClN3OS. The molecule has 1 fully saturated rings. The van der Waals surface area contributed by atoms with Gasteiger partial charge in [0.1, 0.15) is 10.0 Å². The summed E-state index contributed by atoms with van der Waals surface area (Å²) < 4.78 is 9.99. The van der Waals surface area contributed by atoms with Crippen LogP contribution in [0.2, 0.25) is 4.34 Å². The van der Waals surface area contributed by atoms with Crippen LogP contribution in [0.4, 0.5) is 0 Å². The molecule has 1 aromatic heterocycles. The van der Waals surface area contributed by atoms with Crippen molar-refractivity contribution in [3.63, 3.8) is 0 Å². The van der Waals surface area contributed by atoms with Crippen molar-refractivity contribution >= 4 is 23.1 Å². The lowest BCUT2D eigenvalue weighted by molar-refractivity contribution is -0.0557. The van der Waals surface area contributed by atoms with Crippen LogP contribution in [0, 0.1) is 0 Å². The standard InChI is InChI=1S/C9H14ClN3OS/c1-9(2)6-14-4-3-13(9)5-7-8(10)15-12-11-7/h3-6H2,1-2H3. The van der Waals surface area contributed by atoms with Crippen LogP contribution in [-0.4, -0.2) is 39.8 Å². The molecule has 15 heavy (non-hydrogen) atoms. The van der Waals surface area contributed by atoms with Crippen molar-refractivity contribution in [1.82, 2.24) is 14.5 Å². The lowest BCUT2D eigenvalue weighted by Crippen LogP contribution is -2.52. The first kappa shape index (κ1) is 11.3. The zero-order chi connectivity index (χ0) is 10.9. The number of hydrogen-bond acceptors (Lipinski definition) is 5. The topological polar surface area (TPSA) is 38.2 Å². The minimum Gasteiger partial charge on any atom is -0.378 e. The Kier molecular flexibility index (Phi) is 3.25. The van der Waals surface area contributed by atoms with Gasteiger partial charge in [-0.25, -0.2) is 0 Å². The monoisotopic (exact) mass is 247 g/mol. The Morgan fingerprint density at radius 1 is 1.60 bits per heavy atom. The molecular weight excluding hydrogens is 234 g/mol. The minimum absolute atomic E-state index is 0.0468. The van der Waals surface area contributed by atoms with Gasteiger partial charge in [-0.3, -0.25) is 4.90 Å². The molecule has 0 amide bonds. The summed E-state index contributed by atoms with van der Waals surface area (Å²) in [6, 6.07) is 0. The van der Waals surface area contributed by atoms with Gasteiger partial charge < -0.3 is 4.74 Å². The van der Waals surface area contributed by atoms with Crippen LogP contribution in [0.15, 0.2) is 0 Å². The zero-order valence-corrected chi connectivity index (χ0v) is 10.4. The van der Waals surface area contributed by atoms with Gasteiger partial charge in [-0.15, -0.1) is 5.10 Å². The summed E-state index contributed by atoms with van der Waals surface area (Å²) in [4.78, 5) is 2.33. The maximum Gasteiger partial charge on any atom is 0.138 e. The number of rotatable bonds is 2. The first-order valence-corrected chi connectivity index (χ1v) is 6.04. The molecule has 0 bridgehead atoms. The Hall–Kier alpha value is -0.230. The van der Waals surface area contributed by atoms with E-state index in [1.54, 1.807) is 0 Å². The second kappa shape index (κ2) is 4.33. The normalized spacial score (nSPS) is 21.8. The van der Waals surface area contributed by atoms with Crippen LogP contribution in [-0.2, 0) is 11.3 Å². The lowest BCUT2D eigenvalue weighted by Gasteiger charge is -2.41. The van der Waals surface area contributed by atoms with E-state index in [4.69, 9.17) is 16.3 Å². The van der Waals surface area contributed by atoms with E-state index in [0.717, 1.165) is 32.0 Å². The second-order valence-corrected chi connectivity index (χ2v) is 5.64. The van der Waals surface area contributed by atoms with Crippen molar-refractivity contribution in [2.45, 2.75) is 25.9 Å². The van der Waals surface area contributed by atoms with Gasteiger partial charge in [0.05, 0.1) is 13.2 Å². The summed E-state index contributed by atoms with van der Waals surface area (Å²) in [5.41, 5.74) is 0.919. The van der Waals surface area contributed by atoms with E-state index in [-0.39, 0.29) is 5.54 Å². The van der Waals surface area contributed by atoms with Crippen LogP contribution in [0.5, 0.6) is 0 Å². The van der Waals surface area contributed by atoms with E-state index in [0.29, 0.717) is 4.34 Å². The molecule has 2 heterocycles. The quantitative estimate of drug-likeness (QED) is 0.799. The fraction of sp³-hybridized carbons (Fsp3) is 0.778. The average Bonchev–Trinajstić information content (AvgIpc) is 2.56. The first-order chi connectivity index (χ1) is 7.09. The number of aromatic nitrogens is 2. The summed E-state index contributed by atoms with van der Waals surface area (Å²) in [5, 5.41) is 4.03. The highest BCUT2D eigenvalue weighted by atomic mass is 35.5. The predicted molar refractivity (Wildman–Crippen MR) is 60.2 cm³/mol. The first-order valence-electron chi connectivity index (χ1n) is 4.89. The molecule has 0 saturated carbocycles. The molecule has 1 aliphatic heterocycles. The smallest absolute Gasteiger partial charge is 0.138 e. The molecule has 0 radical (unpaired) electrons. The van der Waals surface area contributed by atoms with Gasteiger partial charge in [0.25, 0.3) is 0 Å². The molecule has 0 N–H and O–H groups in total. The lowest BCUT2D eigenvalue weighted by atomic mass is 10.0. The third kappa shape index (κ3) is 2.47. The van der Waals surface area contributed by atoms with Crippen molar-refractivity contribution in [2.24, 2.45) is 0 Å². The Morgan fingerprint density at radius 2 is 2.40 bits per heavy atom. The van der Waals surface area contributed by atoms with E-state index in [1.165, 1.54) is 11.5 Å². The largest absolute Gasteiger partial charge is 0.378 e. The van der Waals surface area contributed by atoms with E-state index in [1.807, 2.05) is 0 Å². The van der Waals surface area contributed by atoms with Crippen LogP contribution >= 0.6 is 23.1 Å². The Labute approximate surface area is 98.3 Å². The average molecular weight is 248 g/mol. The predicted octanol–water partition coefficient (Wildman–Crippen LogP) is 1.80. The van der Waals surface area contributed by atoms with Crippen molar-refractivity contribution in [2.75, 3.05) is 19.8 Å². The molecule has 0 unspecified atom stereocenters. The maximum atomic E-state index is 5.99. The van der Waals surface area contributed by atoms with Gasteiger partial charge in [0.15, 0.2) is 0 Å². The fourth-order valence-electron chi connectivity index (χ4n) is 1.66. The molecule has 1 aromatic rings. The van der Waals surface area contributed by atoms with Gasteiger partial charge in [0, 0.05) is 30.2 Å². The number of ether oxygens (including phenoxy) is 1. The maximum absolute atomic E-state index is 5.99. The Bertz CT molecular complexity index is 342. The van der Waals surface area contributed by atoms with Gasteiger partial charge >= 0.3 is 0 Å². The SMILES string of the molecule is CC1(C)COCCN1Cc1nnsc1Cl. The molecule has 2 rings (SSSR count). The van der Waals surface area contributed by atoms with E-state index in [2.05, 4.69) is 28.3 Å². The molecule has 0 spiro atoms. The summed E-state index contributed by atoms with van der Waals surface area (Å²) in [7, 11) is 0. The molecule has 0 aliphatic carbocycles. The second-order valence-electron chi connectivity index (χ2n) is 4.28. The number of morpholine rings is 1. The number of halogens is 1. The molecule has 84 valence electrons.